The number of nitrogens with zero attached hydrogens (tertiary/aromatic N) is 4. The fourth-order valence-electron chi connectivity index (χ4n) is 10.4. The minimum Gasteiger partial charge on any atom is -0.457 e. The Morgan fingerprint density at radius 1 is 0.500 bits per heavy atom. The molecule has 8 aromatic carbocycles. The monoisotopic (exact) mass is 798 g/mol. The molecule has 6 nitrogen and oxygen atoms in total. The summed E-state index contributed by atoms with van der Waals surface area (Å²) in [5.74, 6) is 4.09. The molecule has 0 radical (unpaired) electrons. The molecule has 10 aromatic rings. The van der Waals surface area contributed by atoms with E-state index >= 15 is 0 Å². The van der Waals surface area contributed by atoms with Gasteiger partial charge in [0.05, 0.1) is 40.2 Å². The van der Waals surface area contributed by atoms with Gasteiger partial charge in [0.25, 0.3) is 0 Å². The highest BCUT2D eigenvalue weighted by Crippen LogP contribution is 2.65. The summed E-state index contributed by atoms with van der Waals surface area (Å²) in [5, 5.41) is 2.33. The maximum atomic E-state index is 6.96. The van der Waals surface area contributed by atoms with Gasteiger partial charge in [0.15, 0.2) is 0 Å². The molecule has 0 saturated heterocycles. The summed E-state index contributed by atoms with van der Waals surface area (Å²) in [6.45, 7) is 0.708. The minimum atomic E-state index is -0.734. The predicted octanol–water partition coefficient (Wildman–Crippen LogP) is 13.7. The van der Waals surface area contributed by atoms with Gasteiger partial charge in [-0.3, -0.25) is 4.57 Å². The maximum absolute atomic E-state index is 6.96. The van der Waals surface area contributed by atoms with Gasteiger partial charge in [-0.2, -0.15) is 0 Å². The van der Waals surface area contributed by atoms with Gasteiger partial charge in [0, 0.05) is 47.3 Å². The number of anilines is 3. The second-order valence-electron chi connectivity index (χ2n) is 16.4. The molecule has 62 heavy (non-hydrogen) atoms. The summed E-state index contributed by atoms with van der Waals surface area (Å²) in [6.07, 6.45) is 1.84. The van der Waals surface area contributed by atoms with Crippen molar-refractivity contribution in [2.24, 2.45) is 0 Å². The molecule has 0 atom stereocenters. The SMILES string of the molecule is CN1CN2c3cc(Oc4ccc5c6ccccc6n(-c6ccccn6)c5c4)ccc3C3(c4cc(-c5ccccc5)ccc4Oc4ccc(-c5ccccc5)cc43)c3cccc1c32. The molecule has 0 aliphatic carbocycles. The highest BCUT2D eigenvalue weighted by Gasteiger charge is 2.53. The zero-order chi connectivity index (χ0) is 40.9. The molecule has 0 bridgehead atoms. The van der Waals surface area contributed by atoms with Crippen LogP contribution < -0.4 is 19.3 Å². The Morgan fingerprint density at radius 2 is 1.16 bits per heavy atom. The molecular formula is C56H38N4O2. The van der Waals surface area contributed by atoms with Crippen molar-refractivity contribution in [2.75, 3.05) is 23.5 Å². The lowest BCUT2D eigenvalue weighted by Crippen LogP contribution is -2.40. The van der Waals surface area contributed by atoms with Gasteiger partial charge in [-0.1, -0.05) is 115 Å². The first-order valence-electron chi connectivity index (χ1n) is 21.1. The largest absolute Gasteiger partial charge is 0.457 e. The lowest BCUT2D eigenvalue weighted by Gasteiger charge is -2.47. The Hall–Kier alpha value is -8.09. The Kier molecular flexibility index (Phi) is 7.40. The van der Waals surface area contributed by atoms with Crippen molar-refractivity contribution >= 4 is 38.9 Å². The smallest absolute Gasteiger partial charge is 0.137 e. The van der Waals surface area contributed by atoms with Crippen LogP contribution in [-0.2, 0) is 5.41 Å². The van der Waals surface area contributed by atoms with E-state index in [0.29, 0.717) is 6.67 Å². The van der Waals surface area contributed by atoms with Crippen LogP contribution >= 0.6 is 0 Å². The molecule has 0 amide bonds. The molecule has 6 heteroatoms. The number of pyridine rings is 1. The Morgan fingerprint density at radius 3 is 1.89 bits per heavy atom. The summed E-state index contributed by atoms with van der Waals surface area (Å²) in [5.41, 5.74) is 14.1. The van der Waals surface area contributed by atoms with E-state index in [9.17, 15) is 0 Å². The van der Waals surface area contributed by atoms with Crippen molar-refractivity contribution < 1.29 is 9.47 Å². The standard InChI is InChI=1S/C56H38N4O2/c1-58-35-59-51-34-41(61-40-24-26-43-42-17-8-9-19-48(42)60(50(43)33-40)54-21-10-11-30-57-54)25-27-44(51)56(45-18-12-20-49(58)55(45)59)46-31-38(36-13-4-2-5-14-36)22-28-52(46)62-53-29-23-39(32-47(53)56)37-15-6-3-7-16-37/h2-34H,35H2,1H3. The van der Waals surface area contributed by atoms with Crippen LogP contribution in [0, 0.1) is 0 Å². The van der Waals surface area contributed by atoms with Crippen molar-refractivity contribution in [1.82, 2.24) is 9.55 Å². The first kappa shape index (κ1) is 34.7. The van der Waals surface area contributed by atoms with Crippen molar-refractivity contribution in [2.45, 2.75) is 5.41 Å². The van der Waals surface area contributed by atoms with Gasteiger partial charge < -0.3 is 19.3 Å². The van der Waals surface area contributed by atoms with Crippen molar-refractivity contribution in [3.63, 3.8) is 0 Å². The highest BCUT2D eigenvalue weighted by atomic mass is 16.5. The number of ether oxygens (including phenoxy) is 2. The van der Waals surface area contributed by atoms with E-state index in [1.54, 1.807) is 0 Å². The highest BCUT2D eigenvalue weighted by molar-refractivity contribution is 6.09. The lowest BCUT2D eigenvalue weighted by atomic mass is 9.60. The van der Waals surface area contributed by atoms with Gasteiger partial charge in [-0.25, -0.2) is 4.98 Å². The first-order valence-corrected chi connectivity index (χ1v) is 21.1. The predicted molar refractivity (Wildman–Crippen MR) is 250 cm³/mol. The maximum Gasteiger partial charge on any atom is 0.137 e. The second kappa shape index (κ2) is 13.2. The van der Waals surface area contributed by atoms with Crippen LogP contribution in [0.2, 0.25) is 0 Å². The first-order chi connectivity index (χ1) is 30.6. The number of hydrogen-bond donors (Lipinski definition) is 0. The van der Waals surface area contributed by atoms with Crippen LogP contribution in [0.5, 0.6) is 23.0 Å². The quantitative estimate of drug-likeness (QED) is 0.173. The second-order valence-corrected chi connectivity index (χ2v) is 16.4. The van der Waals surface area contributed by atoms with E-state index < -0.39 is 5.41 Å². The summed E-state index contributed by atoms with van der Waals surface area (Å²) in [6, 6.07) is 69.1. The van der Waals surface area contributed by atoms with E-state index in [1.807, 2.05) is 18.3 Å². The molecule has 0 unspecified atom stereocenters. The molecule has 5 heterocycles. The number of hydrogen-bond acceptors (Lipinski definition) is 5. The van der Waals surface area contributed by atoms with Crippen molar-refractivity contribution in [3.05, 3.63) is 223 Å². The fraction of sp³-hybridized carbons (Fsp3) is 0.0536. The van der Waals surface area contributed by atoms with E-state index in [-0.39, 0.29) is 0 Å². The third-order valence-electron chi connectivity index (χ3n) is 13.1. The molecule has 13 rings (SSSR count). The van der Waals surface area contributed by atoms with Gasteiger partial charge in [-0.05, 0) is 100 Å². The summed E-state index contributed by atoms with van der Waals surface area (Å²) in [4.78, 5) is 9.57. The summed E-state index contributed by atoms with van der Waals surface area (Å²) in [7, 11) is 2.18. The average molecular weight is 799 g/mol. The average Bonchev–Trinajstić information content (AvgIpc) is 3.85. The molecule has 294 valence electrons. The molecular weight excluding hydrogens is 761 g/mol. The van der Waals surface area contributed by atoms with Gasteiger partial charge in [0.2, 0.25) is 0 Å². The summed E-state index contributed by atoms with van der Waals surface area (Å²) >= 11 is 0. The number of rotatable bonds is 5. The molecule has 0 fully saturated rings. The minimum absolute atomic E-state index is 0.708. The number of aromatic nitrogens is 2. The van der Waals surface area contributed by atoms with Crippen LogP contribution in [-0.4, -0.2) is 23.3 Å². The van der Waals surface area contributed by atoms with Crippen LogP contribution in [0.1, 0.15) is 22.3 Å². The molecule has 2 aromatic heterocycles. The third kappa shape index (κ3) is 4.95. The van der Waals surface area contributed by atoms with Crippen LogP contribution in [0.25, 0.3) is 49.9 Å². The van der Waals surface area contributed by atoms with Crippen molar-refractivity contribution in [3.8, 4) is 51.1 Å². The number of benzene rings is 8. The molecule has 3 aliphatic rings. The molecule has 3 aliphatic heterocycles. The Balaban J connectivity index is 1.04. The zero-order valence-corrected chi connectivity index (χ0v) is 33.9. The van der Waals surface area contributed by atoms with Crippen LogP contribution in [0.15, 0.2) is 200 Å². The van der Waals surface area contributed by atoms with Gasteiger partial charge >= 0.3 is 0 Å². The van der Waals surface area contributed by atoms with Gasteiger partial charge in [0.1, 0.15) is 28.8 Å². The van der Waals surface area contributed by atoms with E-state index in [0.717, 1.165) is 84.3 Å². The van der Waals surface area contributed by atoms with Crippen molar-refractivity contribution in [1.29, 1.82) is 0 Å². The molecule has 1 spiro atoms. The van der Waals surface area contributed by atoms with Gasteiger partial charge in [-0.15, -0.1) is 0 Å². The zero-order valence-electron chi connectivity index (χ0n) is 33.9. The normalized spacial score (nSPS) is 14.0. The van der Waals surface area contributed by atoms with E-state index in [1.165, 1.54) is 27.9 Å². The number of fused-ring (bicyclic) bond motifs is 11. The number of para-hydroxylation sites is 2. The Labute approximate surface area is 359 Å². The third-order valence-corrected chi connectivity index (χ3v) is 13.1. The summed E-state index contributed by atoms with van der Waals surface area (Å²) < 4.78 is 16.1. The fourth-order valence-corrected chi connectivity index (χ4v) is 10.4. The topological polar surface area (TPSA) is 42.8 Å². The van der Waals surface area contributed by atoms with Crippen LogP contribution in [0.4, 0.5) is 17.1 Å². The molecule has 0 saturated carbocycles. The molecule has 0 N–H and O–H groups in total. The van der Waals surface area contributed by atoms with E-state index in [2.05, 4.69) is 203 Å². The Bertz CT molecular complexity index is 3330. The van der Waals surface area contributed by atoms with Crippen LogP contribution in [0.3, 0.4) is 0 Å². The van der Waals surface area contributed by atoms with E-state index in [4.69, 9.17) is 14.5 Å². The lowest BCUT2D eigenvalue weighted by molar-refractivity contribution is 0.434.